The van der Waals surface area contributed by atoms with Crippen molar-refractivity contribution in [3.05, 3.63) is 22.4 Å². The van der Waals surface area contributed by atoms with Crippen LogP contribution in [0.15, 0.2) is 16.6 Å². The van der Waals surface area contributed by atoms with Crippen molar-refractivity contribution in [1.29, 1.82) is 0 Å². The number of halogens is 1. The first-order valence-electron chi connectivity index (χ1n) is 7.10. The average molecular weight is 371 g/mol. The van der Waals surface area contributed by atoms with Crippen LogP contribution in [0.1, 0.15) is 5.82 Å². The van der Waals surface area contributed by atoms with Crippen LogP contribution in [-0.2, 0) is 11.5 Å². The van der Waals surface area contributed by atoms with Crippen molar-refractivity contribution in [3.8, 4) is 5.75 Å². The molecule has 1 aromatic carbocycles. The molecule has 0 saturated heterocycles. The molecule has 2 aromatic rings. The van der Waals surface area contributed by atoms with Gasteiger partial charge in [0.1, 0.15) is 18.3 Å². The third-order valence-corrected chi connectivity index (χ3v) is 5.75. The summed E-state index contributed by atoms with van der Waals surface area (Å²) < 4.78 is 14.2. The Morgan fingerprint density at radius 3 is 2.62 bits per heavy atom. The highest BCUT2D eigenvalue weighted by molar-refractivity contribution is 9.10. The van der Waals surface area contributed by atoms with E-state index in [1.807, 2.05) is 19.1 Å². The Hall–Kier alpha value is -0.853. The molecule has 0 atom stereocenters. The minimum atomic E-state index is -1.04. The number of benzene rings is 1. The highest BCUT2D eigenvalue weighted by Gasteiger charge is 2.14. The molecule has 0 aliphatic carbocycles. The Balaban J connectivity index is 2.16. The van der Waals surface area contributed by atoms with Crippen LogP contribution in [0.25, 0.3) is 11.0 Å². The zero-order chi connectivity index (χ0) is 15.6. The van der Waals surface area contributed by atoms with Crippen molar-refractivity contribution < 1.29 is 9.47 Å². The molecule has 0 aliphatic heterocycles. The predicted molar refractivity (Wildman–Crippen MR) is 92.8 cm³/mol. The highest BCUT2D eigenvalue weighted by Crippen LogP contribution is 2.30. The van der Waals surface area contributed by atoms with Gasteiger partial charge in [0.2, 0.25) is 0 Å². The smallest absolute Gasteiger partial charge is 0.135 e. The summed E-state index contributed by atoms with van der Waals surface area (Å²) in [6.45, 7) is 10.4. The van der Waals surface area contributed by atoms with Crippen LogP contribution in [0, 0.1) is 6.92 Å². The molecule has 0 unspecified atom stereocenters. The molecular formula is C15H23BrN2O2Si. The van der Waals surface area contributed by atoms with Crippen molar-refractivity contribution in [2.75, 3.05) is 13.7 Å². The minimum Gasteiger partial charge on any atom is -0.495 e. The third-order valence-electron chi connectivity index (χ3n) is 3.43. The maximum atomic E-state index is 5.85. The zero-order valence-corrected chi connectivity index (χ0v) is 16.0. The van der Waals surface area contributed by atoms with Gasteiger partial charge in [-0.15, -0.1) is 0 Å². The fraction of sp³-hybridized carbons (Fsp3) is 0.533. The third kappa shape index (κ3) is 4.08. The second kappa shape index (κ2) is 6.50. The van der Waals surface area contributed by atoms with Crippen LogP contribution in [0.3, 0.4) is 0 Å². The van der Waals surface area contributed by atoms with Crippen LogP contribution < -0.4 is 4.74 Å². The second-order valence-corrected chi connectivity index (χ2v) is 12.9. The number of hydrogen-bond acceptors (Lipinski definition) is 3. The fourth-order valence-electron chi connectivity index (χ4n) is 2.10. The van der Waals surface area contributed by atoms with E-state index in [1.54, 1.807) is 7.11 Å². The van der Waals surface area contributed by atoms with Crippen LogP contribution in [-0.4, -0.2) is 31.3 Å². The van der Waals surface area contributed by atoms with E-state index in [9.17, 15) is 0 Å². The van der Waals surface area contributed by atoms with Gasteiger partial charge in [0, 0.05) is 20.7 Å². The molecule has 4 nitrogen and oxygen atoms in total. The number of ether oxygens (including phenoxy) is 2. The van der Waals surface area contributed by atoms with Crippen molar-refractivity contribution in [3.63, 3.8) is 0 Å². The van der Waals surface area contributed by atoms with Gasteiger partial charge in [0.25, 0.3) is 0 Å². The van der Waals surface area contributed by atoms with Crippen LogP contribution in [0.5, 0.6) is 5.75 Å². The molecule has 0 amide bonds. The number of aromatic nitrogens is 2. The number of hydrogen-bond donors (Lipinski definition) is 0. The lowest BCUT2D eigenvalue weighted by atomic mass is 10.3. The van der Waals surface area contributed by atoms with Crippen LogP contribution in [0.4, 0.5) is 0 Å². The van der Waals surface area contributed by atoms with Gasteiger partial charge in [-0.1, -0.05) is 19.6 Å². The molecule has 0 fully saturated rings. The first-order chi connectivity index (χ1) is 9.81. The fourth-order valence-corrected chi connectivity index (χ4v) is 3.35. The van der Waals surface area contributed by atoms with Gasteiger partial charge in [-0.2, -0.15) is 0 Å². The van der Waals surface area contributed by atoms with E-state index < -0.39 is 8.07 Å². The minimum absolute atomic E-state index is 0.547. The Kier molecular flexibility index (Phi) is 5.11. The molecule has 0 radical (unpaired) electrons. The van der Waals surface area contributed by atoms with E-state index in [0.717, 1.165) is 33.7 Å². The van der Waals surface area contributed by atoms with Gasteiger partial charge in [-0.3, -0.25) is 0 Å². The van der Waals surface area contributed by atoms with E-state index in [4.69, 9.17) is 9.47 Å². The number of fused-ring (bicyclic) bond motifs is 1. The van der Waals surface area contributed by atoms with E-state index in [0.29, 0.717) is 6.73 Å². The monoisotopic (exact) mass is 370 g/mol. The van der Waals surface area contributed by atoms with E-state index in [2.05, 4.69) is 45.1 Å². The number of rotatable bonds is 6. The topological polar surface area (TPSA) is 36.3 Å². The molecule has 0 spiro atoms. The number of methoxy groups -OCH3 is 1. The second-order valence-electron chi connectivity index (χ2n) is 6.41. The van der Waals surface area contributed by atoms with Gasteiger partial charge < -0.3 is 14.0 Å². The van der Waals surface area contributed by atoms with E-state index in [-0.39, 0.29) is 0 Å². The quantitative estimate of drug-likeness (QED) is 0.557. The largest absolute Gasteiger partial charge is 0.495 e. The first-order valence-corrected chi connectivity index (χ1v) is 11.6. The molecule has 2 rings (SSSR count). The maximum absolute atomic E-state index is 5.85. The summed E-state index contributed by atoms with van der Waals surface area (Å²) >= 11 is 3.53. The maximum Gasteiger partial charge on any atom is 0.135 e. The Morgan fingerprint density at radius 2 is 2.00 bits per heavy atom. The van der Waals surface area contributed by atoms with Crippen LogP contribution in [0.2, 0.25) is 25.7 Å². The van der Waals surface area contributed by atoms with Crippen molar-refractivity contribution in [2.24, 2.45) is 0 Å². The lowest BCUT2D eigenvalue weighted by Gasteiger charge is -2.16. The number of nitrogens with zero attached hydrogens (tertiary/aromatic N) is 2. The van der Waals surface area contributed by atoms with E-state index in [1.165, 1.54) is 6.04 Å². The summed E-state index contributed by atoms with van der Waals surface area (Å²) in [5.41, 5.74) is 1.99. The summed E-state index contributed by atoms with van der Waals surface area (Å²) in [5, 5.41) is 0. The summed E-state index contributed by atoms with van der Waals surface area (Å²) in [4.78, 5) is 4.58. The summed E-state index contributed by atoms with van der Waals surface area (Å²) in [6, 6.07) is 5.16. The molecule has 1 aromatic heterocycles. The molecule has 21 heavy (non-hydrogen) atoms. The number of aryl methyl sites for hydroxylation is 1. The Labute approximate surface area is 135 Å². The first kappa shape index (κ1) is 16.5. The summed E-state index contributed by atoms with van der Waals surface area (Å²) in [6.07, 6.45) is 0. The Bertz CT molecular complexity index is 635. The molecule has 0 bridgehead atoms. The Morgan fingerprint density at radius 1 is 1.29 bits per heavy atom. The molecular weight excluding hydrogens is 348 g/mol. The molecule has 0 aliphatic rings. The summed E-state index contributed by atoms with van der Waals surface area (Å²) in [7, 11) is 0.620. The van der Waals surface area contributed by atoms with Crippen molar-refractivity contribution in [2.45, 2.75) is 39.3 Å². The van der Waals surface area contributed by atoms with Crippen molar-refractivity contribution in [1.82, 2.24) is 9.55 Å². The SMILES string of the molecule is COc1cc2nc(C)n(COCC[Si](C)(C)C)c2cc1Br. The highest BCUT2D eigenvalue weighted by atomic mass is 79.9. The van der Waals surface area contributed by atoms with Gasteiger partial charge in [-0.05, 0) is 35.0 Å². The average Bonchev–Trinajstić information content (AvgIpc) is 2.68. The lowest BCUT2D eigenvalue weighted by Crippen LogP contribution is -2.22. The van der Waals surface area contributed by atoms with E-state index >= 15 is 0 Å². The normalized spacial score (nSPS) is 12.1. The van der Waals surface area contributed by atoms with Gasteiger partial charge in [0.05, 0.1) is 22.6 Å². The molecule has 116 valence electrons. The van der Waals surface area contributed by atoms with Gasteiger partial charge in [-0.25, -0.2) is 4.98 Å². The lowest BCUT2D eigenvalue weighted by molar-refractivity contribution is 0.0885. The zero-order valence-electron chi connectivity index (χ0n) is 13.4. The van der Waals surface area contributed by atoms with Crippen LogP contribution >= 0.6 is 15.9 Å². The standard InChI is InChI=1S/C15H23BrN2O2Si/c1-11-17-13-9-15(19-2)12(16)8-14(13)18(11)10-20-6-7-21(3,4)5/h8-9H,6-7,10H2,1-5H3. The predicted octanol–water partition coefficient (Wildman–Crippen LogP) is 4.43. The van der Waals surface area contributed by atoms with Gasteiger partial charge in [0.15, 0.2) is 0 Å². The van der Waals surface area contributed by atoms with Crippen molar-refractivity contribution >= 4 is 35.0 Å². The molecule has 1 heterocycles. The number of imidazole rings is 1. The molecule has 0 N–H and O–H groups in total. The summed E-state index contributed by atoms with van der Waals surface area (Å²) in [5.74, 6) is 1.75. The van der Waals surface area contributed by atoms with Gasteiger partial charge >= 0.3 is 0 Å². The molecule has 6 heteroatoms. The molecule has 0 saturated carbocycles.